The number of aliphatic imine (C=N–C) groups is 1. The molecule has 1 aliphatic rings. The molecule has 124 valence electrons. The molecule has 1 heterocycles. The first-order chi connectivity index (χ1) is 11.4. The van der Waals surface area contributed by atoms with Gasteiger partial charge in [0.25, 0.3) is 0 Å². The number of benzene rings is 2. The molecule has 24 heavy (non-hydrogen) atoms. The highest BCUT2D eigenvalue weighted by molar-refractivity contribution is 5.88. The number of para-hydroxylation sites is 1. The van der Waals surface area contributed by atoms with Gasteiger partial charge in [-0.25, -0.2) is 4.39 Å². The summed E-state index contributed by atoms with van der Waals surface area (Å²) >= 11 is 0. The fourth-order valence-corrected chi connectivity index (χ4v) is 3.46. The molecule has 2 nitrogen and oxygen atoms in total. The third kappa shape index (κ3) is 2.99. The van der Waals surface area contributed by atoms with Crippen molar-refractivity contribution in [2.45, 2.75) is 33.2 Å². The number of hydrogen-bond donors (Lipinski definition) is 0. The number of rotatable bonds is 3. The van der Waals surface area contributed by atoms with E-state index >= 15 is 0 Å². The van der Waals surface area contributed by atoms with E-state index in [-0.39, 0.29) is 11.4 Å². The lowest BCUT2D eigenvalue weighted by atomic mass is 9.88. The number of halogens is 1. The predicted molar refractivity (Wildman–Crippen MR) is 101 cm³/mol. The fourth-order valence-electron chi connectivity index (χ4n) is 3.46. The van der Waals surface area contributed by atoms with Crippen LogP contribution in [0.1, 0.15) is 38.8 Å². The zero-order valence-electron chi connectivity index (χ0n) is 14.7. The number of hydrogen-bond acceptors (Lipinski definition) is 2. The molecule has 1 aliphatic heterocycles. The zero-order chi connectivity index (χ0) is 17.3. The Labute approximate surface area is 143 Å². The van der Waals surface area contributed by atoms with Gasteiger partial charge < -0.3 is 4.90 Å². The molecule has 0 N–H and O–H groups in total. The summed E-state index contributed by atoms with van der Waals surface area (Å²) in [5.74, 6) is -0.304. The van der Waals surface area contributed by atoms with Crippen molar-refractivity contribution in [3.8, 4) is 0 Å². The van der Waals surface area contributed by atoms with Crippen LogP contribution in [-0.2, 0) is 0 Å². The molecule has 0 saturated carbocycles. The first-order valence-corrected chi connectivity index (χ1v) is 8.32. The Morgan fingerprint density at radius 2 is 1.92 bits per heavy atom. The van der Waals surface area contributed by atoms with Crippen molar-refractivity contribution in [3.63, 3.8) is 0 Å². The average Bonchev–Trinajstić information content (AvgIpc) is 2.54. The maximum atomic E-state index is 13.7. The van der Waals surface area contributed by atoms with Crippen LogP contribution in [0.5, 0.6) is 0 Å². The van der Waals surface area contributed by atoms with Crippen LogP contribution >= 0.6 is 0 Å². The summed E-state index contributed by atoms with van der Waals surface area (Å²) in [6.45, 7) is 9.73. The van der Waals surface area contributed by atoms with Gasteiger partial charge in [-0.1, -0.05) is 24.3 Å². The minimum absolute atomic E-state index is 0.00854. The minimum atomic E-state index is -0.304. The van der Waals surface area contributed by atoms with Gasteiger partial charge in [-0.05, 0) is 63.1 Å². The molecule has 0 spiro atoms. The van der Waals surface area contributed by atoms with Crippen molar-refractivity contribution in [2.75, 3.05) is 11.4 Å². The van der Waals surface area contributed by atoms with Crippen LogP contribution in [0.4, 0.5) is 15.8 Å². The second kappa shape index (κ2) is 6.23. The van der Waals surface area contributed by atoms with Crippen LogP contribution in [0.15, 0.2) is 53.5 Å². The molecule has 3 heteroatoms. The van der Waals surface area contributed by atoms with Crippen molar-refractivity contribution < 1.29 is 4.39 Å². The quantitative estimate of drug-likeness (QED) is 0.672. The summed E-state index contributed by atoms with van der Waals surface area (Å²) in [4.78, 5) is 6.68. The third-order valence-corrected chi connectivity index (χ3v) is 4.52. The van der Waals surface area contributed by atoms with Gasteiger partial charge in [0.05, 0.1) is 11.2 Å². The van der Waals surface area contributed by atoms with E-state index < -0.39 is 0 Å². The molecule has 0 fully saturated rings. The summed E-state index contributed by atoms with van der Waals surface area (Å²) in [6.07, 6.45) is 4.03. The van der Waals surface area contributed by atoms with Crippen molar-refractivity contribution in [1.82, 2.24) is 0 Å². The van der Waals surface area contributed by atoms with E-state index in [0.29, 0.717) is 5.69 Å². The van der Waals surface area contributed by atoms with Crippen LogP contribution in [-0.4, -0.2) is 18.3 Å². The predicted octanol–water partition coefficient (Wildman–Crippen LogP) is 5.60. The Bertz CT molecular complexity index is 818. The fraction of sp³-hybridized carbons (Fsp3) is 0.286. The second-order valence-corrected chi connectivity index (χ2v) is 6.71. The van der Waals surface area contributed by atoms with Crippen LogP contribution in [0.25, 0.3) is 5.57 Å². The lowest BCUT2D eigenvalue weighted by Gasteiger charge is -2.42. The maximum absolute atomic E-state index is 13.7. The first-order valence-electron chi connectivity index (χ1n) is 8.32. The zero-order valence-corrected chi connectivity index (χ0v) is 14.7. The van der Waals surface area contributed by atoms with Gasteiger partial charge in [0.2, 0.25) is 0 Å². The number of likely N-dealkylation sites (N-methyl/N-ethyl adjacent to an activating group) is 1. The Hall–Kier alpha value is -2.42. The Kier molecular flexibility index (Phi) is 4.27. The normalized spacial score (nSPS) is 16.2. The van der Waals surface area contributed by atoms with E-state index in [4.69, 9.17) is 0 Å². The molecular weight excluding hydrogens is 299 g/mol. The highest BCUT2D eigenvalue weighted by atomic mass is 19.1. The molecule has 3 rings (SSSR count). The van der Waals surface area contributed by atoms with Gasteiger partial charge in [0.15, 0.2) is 0 Å². The van der Waals surface area contributed by atoms with Crippen LogP contribution in [0.2, 0.25) is 0 Å². The van der Waals surface area contributed by atoms with Gasteiger partial charge in [-0.2, -0.15) is 0 Å². The number of fused-ring (bicyclic) bond motifs is 1. The van der Waals surface area contributed by atoms with Gasteiger partial charge in [-0.15, -0.1) is 0 Å². The van der Waals surface area contributed by atoms with E-state index in [0.717, 1.165) is 12.1 Å². The van der Waals surface area contributed by atoms with Crippen LogP contribution in [0, 0.1) is 5.82 Å². The Balaban J connectivity index is 1.98. The summed E-state index contributed by atoms with van der Waals surface area (Å²) in [7, 11) is 0. The van der Waals surface area contributed by atoms with Crippen LogP contribution < -0.4 is 4.90 Å². The van der Waals surface area contributed by atoms with E-state index in [9.17, 15) is 4.39 Å². The molecule has 0 bridgehead atoms. The van der Waals surface area contributed by atoms with Crippen molar-refractivity contribution >= 4 is 23.2 Å². The van der Waals surface area contributed by atoms with Gasteiger partial charge >= 0.3 is 0 Å². The molecule has 0 unspecified atom stereocenters. The third-order valence-electron chi connectivity index (χ3n) is 4.52. The van der Waals surface area contributed by atoms with Crippen molar-refractivity contribution in [3.05, 3.63) is 65.5 Å². The topological polar surface area (TPSA) is 15.6 Å². The molecular formula is C21H23FN2. The average molecular weight is 322 g/mol. The summed E-state index contributed by atoms with van der Waals surface area (Å²) < 4.78 is 13.7. The number of anilines is 1. The lowest BCUT2D eigenvalue weighted by Crippen LogP contribution is -2.44. The van der Waals surface area contributed by atoms with Gasteiger partial charge in [-0.3, -0.25) is 4.99 Å². The monoisotopic (exact) mass is 322 g/mol. The standard InChI is InChI=1S/C21H23FN2/c1-5-24-20-11-10-16(12-17(20)15(2)13-21(24,3)4)14-23-19-9-7-6-8-18(19)22/h6-14H,5H2,1-4H3. The molecule has 0 atom stereocenters. The molecule has 2 aromatic carbocycles. The van der Waals surface area contributed by atoms with Crippen LogP contribution in [0.3, 0.4) is 0 Å². The first kappa shape index (κ1) is 16.4. The second-order valence-electron chi connectivity index (χ2n) is 6.71. The molecule has 0 aliphatic carbocycles. The van der Waals surface area contributed by atoms with E-state index in [1.165, 1.54) is 22.9 Å². The largest absolute Gasteiger partial charge is 0.363 e. The van der Waals surface area contributed by atoms with Crippen molar-refractivity contribution in [2.24, 2.45) is 4.99 Å². The minimum Gasteiger partial charge on any atom is -0.363 e. The highest BCUT2D eigenvalue weighted by Gasteiger charge is 2.29. The van der Waals surface area contributed by atoms with E-state index in [1.807, 2.05) is 6.07 Å². The summed E-state index contributed by atoms with van der Waals surface area (Å²) in [5.41, 5.74) is 5.06. The van der Waals surface area contributed by atoms with Gasteiger partial charge in [0, 0.05) is 24.0 Å². The SMILES string of the molecule is CCN1c2ccc(C=Nc3ccccc3F)cc2C(C)=CC1(C)C. The molecule has 0 radical (unpaired) electrons. The number of nitrogens with zero attached hydrogens (tertiary/aromatic N) is 2. The molecule has 0 saturated heterocycles. The smallest absolute Gasteiger partial charge is 0.148 e. The Morgan fingerprint density at radius 3 is 2.62 bits per heavy atom. The molecule has 2 aromatic rings. The van der Waals surface area contributed by atoms with Crippen molar-refractivity contribution in [1.29, 1.82) is 0 Å². The van der Waals surface area contributed by atoms with Gasteiger partial charge in [0.1, 0.15) is 5.82 Å². The van der Waals surface area contributed by atoms with E-state index in [1.54, 1.807) is 24.4 Å². The number of allylic oxidation sites excluding steroid dienone is 1. The Morgan fingerprint density at radius 1 is 1.17 bits per heavy atom. The van der Waals surface area contributed by atoms with E-state index in [2.05, 4.69) is 55.8 Å². The summed E-state index contributed by atoms with van der Waals surface area (Å²) in [6, 6.07) is 12.9. The molecule has 0 amide bonds. The molecule has 0 aromatic heterocycles. The highest BCUT2D eigenvalue weighted by Crippen LogP contribution is 2.38. The maximum Gasteiger partial charge on any atom is 0.148 e. The lowest BCUT2D eigenvalue weighted by molar-refractivity contribution is 0.566. The summed E-state index contributed by atoms with van der Waals surface area (Å²) in [5, 5.41) is 0.